The van der Waals surface area contributed by atoms with Crippen molar-refractivity contribution in [2.45, 2.75) is 10.4 Å². The maximum atomic E-state index is 12.3. The van der Waals surface area contributed by atoms with Crippen LogP contribution in [0.3, 0.4) is 0 Å². The Bertz CT molecular complexity index is 645. The van der Waals surface area contributed by atoms with Crippen LogP contribution in [0.15, 0.2) is 16.3 Å². The minimum absolute atomic E-state index is 0.00846. The first-order valence-electron chi connectivity index (χ1n) is 4.85. The van der Waals surface area contributed by atoms with Gasteiger partial charge in [-0.3, -0.25) is 4.79 Å². The van der Waals surface area contributed by atoms with Gasteiger partial charge in [-0.05, 0) is 12.1 Å². The molecule has 1 rings (SSSR count). The number of nitrogens with zero attached hydrogens (tertiary/aromatic N) is 2. The van der Waals surface area contributed by atoms with E-state index in [0.29, 0.717) is 11.3 Å². The van der Waals surface area contributed by atoms with E-state index in [1.165, 1.54) is 0 Å². The van der Waals surface area contributed by atoms with Gasteiger partial charge >= 0.3 is 12.1 Å². The lowest BCUT2D eigenvalue weighted by Gasteiger charge is -2.20. The minimum Gasteiger partial charge on any atom is -0.480 e. The Morgan fingerprint density at radius 2 is 2.05 bits per heavy atom. The summed E-state index contributed by atoms with van der Waals surface area (Å²) in [6.45, 7) is -3.23. The van der Waals surface area contributed by atoms with Gasteiger partial charge in [-0.2, -0.15) is 22.7 Å². The predicted molar refractivity (Wildman–Crippen MR) is 61.5 cm³/mol. The Kier molecular flexibility index (Phi) is 4.74. The fraction of sp³-hybridized carbons (Fsp3) is 0.333. The summed E-state index contributed by atoms with van der Waals surface area (Å²) in [4.78, 5) is 10.5. The number of alkyl halides is 3. The lowest BCUT2D eigenvalue weighted by atomic mass is 10.5. The third-order valence-corrected chi connectivity index (χ3v) is 5.20. The average molecular weight is 328 g/mol. The summed E-state index contributed by atoms with van der Waals surface area (Å²) in [6, 6.07) is 3.74. The monoisotopic (exact) mass is 328 g/mol. The molecule has 0 radical (unpaired) electrons. The van der Waals surface area contributed by atoms with Crippen LogP contribution in [0.2, 0.25) is 0 Å². The molecule has 0 atom stereocenters. The number of carbonyl (C=O) groups is 1. The number of carboxylic acid groups (broad SMARTS) is 1. The van der Waals surface area contributed by atoms with E-state index in [1.54, 1.807) is 6.07 Å². The van der Waals surface area contributed by atoms with E-state index in [-0.39, 0.29) is 9.18 Å². The molecule has 0 saturated carbocycles. The highest BCUT2D eigenvalue weighted by molar-refractivity contribution is 7.91. The number of nitriles is 1. The van der Waals surface area contributed by atoms with Crippen molar-refractivity contribution in [2.75, 3.05) is 13.1 Å². The van der Waals surface area contributed by atoms with Crippen molar-refractivity contribution in [2.24, 2.45) is 0 Å². The van der Waals surface area contributed by atoms with Gasteiger partial charge in [0.05, 0.1) is 0 Å². The van der Waals surface area contributed by atoms with Crippen molar-refractivity contribution in [3.05, 3.63) is 17.0 Å². The quantitative estimate of drug-likeness (QED) is 0.877. The number of rotatable bonds is 5. The van der Waals surface area contributed by atoms with Crippen LogP contribution in [0.25, 0.3) is 0 Å². The summed E-state index contributed by atoms with van der Waals surface area (Å²) in [7, 11) is -4.62. The van der Waals surface area contributed by atoms with Crippen molar-refractivity contribution in [3.63, 3.8) is 0 Å². The molecular weight excluding hydrogens is 321 g/mol. The largest absolute Gasteiger partial charge is 0.480 e. The Hall–Kier alpha value is -1.64. The number of carboxylic acids is 1. The van der Waals surface area contributed by atoms with E-state index in [2.05, 4.69) is 0 Å². The number of thiophene rings is 1. The molecule has 1 N–H and O–H groups in total. The maximum Gasteiger partial charge on any atom is 0.402 e. The zero-order chi connectivity index (χ0) is 15.6. The van der Waals surface area contributed by atoms with Crippen LogP contribution in [0.4, 0.5) is 13.2 Å². The second-order valence-electron chi connectivity index (χ2n) is 3.51. The van der Waals surface area contributed by atoms with Crippen molar-refractivity contribution in [1.29, 1.82) is 5.26 Å². The summed E-state index contributed by atoms with van der Waals surface area (Å²) >= 11 is 0.470. The third-order valence-electron chi connectivity index (χ3n) is 1.95. The molecule has 0 aromatic carbocycles. The molecule has 1 aromatic rings. The van der Waals surface area contributed by atoms with E-state index in [1.807, 2.05) is 0 Å². The molecule has 0 fully saturated rings. The fourth-order valence-electron chi connectivity index (χ4n) is 1.22. The van der Waals surface area contributed by atoms with E-state index in [4.69, 9.17) is 10.4 Å². The molecule has 1 aromatic heterocycles. The summed E-state index contributed by atoms with van der Waals surface area (Å²) < 4.78 is 60.1. The number of hydrogen-bond donors (Lipinski definition) is 1. The molecule has 0 saturated heterocycles. The van der Waals surface area contributed by atoms with Crippen LogP contribution in [-0.4, -0.2) is 43.1 Å². The first-order chi connectivity index (χ1) is 9.06. The second kappa shape index (κ2) is 5.78. The van der Waals surface area contributed by atoms with E-state index >= 15 is 0 Å². The van der Waals surface area contributed by atoms with Gasteiger partial charge in [0.1, 0.15) is 28.2 Å². The van der Waals surface area contributed by atoms with Gasteiger partial charge in [0.25, 0.3) is 10.0 Å². The van der Waals surface area contributed by atoms with Gasteiger partial charge < -0.3 is 5.11 Å². The van der Waals surface area contributed by atoms with Crippen molar-refractivity contribution in [1.82, 2.24) is 4.31 Å². The van der Waals surface area contributed by atoms with E-state index in [0.717, 1.165) is 12.1 Å². The molecule has 0 bridgehead atoms. The number of aliphatic carboxylic acids is 1. The highest BCUT2D eigenvalue weighted by Crippen LogP contribution is 2.27. The Balaban J connectivity index is 3.17. The summed E-state index contributed by atoms with van der Waals surface area (Å²) in [5.41, 5.74) is 0. The number of hydrogen-bond acceptors (Lipinski definition) is 5. The van der Waals surface area contributed by atoms with Gasteiger partial charge in [-0.1, -0.05) is 0 Å². The lowest BCUT2D eigenvalue weighted by Crippen LogP contribution is -2.41. The Labute approximate surface area is 115 Å². The number of halogens is 3. The standard InChI is InChI=1S/C9H7F3N2O4S2/c10-9(11,12)5-14(4-7(15)16)20(17,18)8-2-1-6(3-13)19-8/h1-2H,4-5H2,(H,15,16). The molecular formula is C9H7F3N2O4S2. The van der Waals surface area contributed by atoms with Crippen molar-refractivity contribution in [3.8, 4) is 6.07 Å². The maximum absolute atomic E-state index is 12.3. The Morgan fingerprint density at radius 3 is 2.45 bits per heavy atom. The van der Waals surface area contributed by atoms with Gasteiger partial charge in [0, 0.05) is 0 Å². The van der Waals surface area contributed by atoms with Crippen LogP contribution in [-0.2, 0) is 14.8 Å². The van der Waals surface area contributed by atoms with Crippen LogP contribution >= 0.6 is 11.3 Å². The lowest BCUT2D eigenvalue weighted by molar-refractivity contribution is -0.145. The molecule has 1 heterocycles. The van der Waals surface area contributed by atoms with E-state index < -0.39 is 39.5 Å². The zero-order valence-corrected chi connectivity index (χ0v) is 11.2. The molecule has 0 unspecified atom stereocenters. The molecule has 20 heavy (non-hydrogen) atoms. The smallest absolute Gasteiger partial charge is 0.402 e. The fourth-order valence-corrected chi connectivity index (χ4v) is 3.86. The summed E-state index contributed by atoms with van der Waals surface area (Å²) in [5.74, 6) is -1.71. The zero-order valence-electron chi connectivity index (χ0n) is 9.59. The Morgan fingerprint density at radius 1 is 1.45 bits per heavy atom. The molecule has 0 spiro atoms. The number of sulfonamides is 1. The van der Waals surface area contributed by atoms with Gasteiger partial charge in [0.2, 0.25) is 0 Å². The SMILES string of the molecule is N#Cc1ccc(S(=O)(=O)N(CC(=O)O)CC(F)(F)F)s1. The summed E-state index contributed by atoms with van der Waals surface area (Å²) in [6.07, 6.45) is -4.88. The topological polar surface area (TPSA) is 98.5 Å². The van der Waals surface area contributed by atoms with Crippen molar-refractivity contribution < 1.29 is 31.5 Å². The highest BCUT2D eigenvalue weighted by atomic mass is 32.2. The van der Waals surface area contributed by atoms with Gasteiger partial charge in [0.15, 0.2) is 0 Å². The molecule has 0 amide bonds. The first kappa shape index (κ1) is 16.4. The normalized spacial score (nSPS) is 12.3. The van der Waals surface area contributed by atoms with Crippen LogP contribution in [0.5, 0.6) is 0 Å². The second-order valence-corrected chi connectivity index (χ2v) is 6.76. The molecule has 0 aliphatic heterocycles. The molecule has 110 valence electrons. The van der Waals surface area contributed by atoms with Crippen molar-refractivity contribution >= 4 is 27.3 Å². The minimum atomic E-state index is -4.88. The molecule has 0 aliphatic rings. The van der Waals surface area contributed by atoms with E-state index in [9.17, 15) is 26.4 Å². The molecule has 6 nitrogen and oxygen atoms in total. The van der Waals surface area contributed by atoms with Gasteiger partial charge in [-0.25, -0.2) is 8.42 Å². The molecule has 0 aliphatic carbocycles. The van der Waals surface area contributed by atoms with Crippen LogP contribution in [0.1, 0.15) is 4.88 Å². The summed E-state index contributed by atoms with van der Waals surface area (Å²) in [5, 5.41) is 17.1. The third kappa shape index (κ3) is 4.19. The molecule has 11 heteroatoms. The first-order valence-corrected chi connectivity index (χ1v) is 7.10. The average Bonchev–Trinajstić information content (AvgIpc) is 2.74. The van der Waals surface area contributed by atoms with Gasteiger partial charge in [-0.15, -0.1) is 11.3 Å². The predicted octanol–water partition coefficient (Wildman–Crippen LogP) is 1.26. The van der Waals surface area contributed by atoms with Crippen LogP contribution in [0, 0.1) is 11.3 Å². The highest BCUT2D eigenvalue weighted by Gasteiger charge is 2.38. The van der Waals surface area contributed by atoms with Crippen LogP contribution < -0.4 is 0 Å².